The summed E-state index contributed by atoms with van der Waals surface area (Å²) in [5, 5.41) is 15.8. The fraction of sp³-hybridized carbons (Fsp3) is 0.947. The highest BCUT2D eigenvalue weighted by Gasteiger charge is 2.18. The van der Waals surface area contributed by atoms with Gasteiger partial charge in [0, 0.05) is 6.04 Å². The van der Waals surface area contributed by atoms with Gasteiger partial charge in [-0.05, 0) is 32.6 Å². The number of rotatable bonds is 9. The maximum atomic E-state index is 8.70. The molecule has 0 heterocycles. The summed E-state index contributed by atoms with van der Waals surface area (Å²) in [6.45, 7) is 3.43. The second-order valence-corrected chi connectivity index (χ2v) is 7.24. The van der Waals surface area contributed by atoms with Crippen molar-refractivity contribution in [2.45, 2.75) is 89.4 Å². The van der Waals surface area contributed by atoms with Gasteiger partial charge in [-0.1, -0.05) is 38.5 Å². The molecule has 0 saturated heterocycles. The van der Waals surface area contributed by atoms with Gasteiger partial charge in [0.2, 0.25) is 0 Å². The third-order valence-electron chi connectivity index (χ3n) is 5.00. The summed E-state index contributed by atoms with van der Waals surface area (Å²) in [6, 6.07) is 0.969. The lowest BCUT2D eigenvalue weighted by Gasteiger charge is -2.28. The van der Waals surface area contributed by atoms with E-state index in [1.54, 1.807) is 0 Å². The van der Waals surface area contributed by atoms with Gasteiger partial charge in [-0.3, -0.25) is 0 Å². The Morgan fingerprint density at radius 2 is 1.68 bits per heavy atom. The fourth-order valence-electron chi connectivity index (χ4n) is 3.63. The molecule has 0 radical (unpaired) electrons. The molecule has 2 rings (SSSR count). The minimum atomic E-state index is -0.115. The molecule has 1 unspecified atom stereocenters. The van der Waals surface area contributed by atoms with Crippen LogP contribution >= 0.6 is 0 Å². The molecule has 25 heavy (non-hydrogen) atoms. The Kier molecular flexibility index (Phi) is 10.2. The van der Waals surface area contributed by atoms with Crippen LogP contribution in [0.25, 0.3) is 0 Å². The van der Waals surface area contributed by atoms with Crippen LogP contribution in [0.2, 0.25) is 0 Å². The van der Waals surface area contributed by atoms with E-state index < -0.39 is 0 Å². The summed E-state index contributed by atoms with van der Waals surface area (Å²) in [6.07, 6.45) is 12.6. The molecule has 3 N–H and O–H groups in total. The van der Waals surface area contributed by atoms with E-state index in [2.05, 4.69) is 10.6 Å². The molecule has 0 aromatic carbocycles. The van der Waals surface area contributed by atoms with Crippen LogP contribution in [0.4, 0.5) is 0 Å². The lowest BCUT2D eigenvalue weighted by Crippen LogP contribution is -2.48. The molecule has 0 aliphatic heterocycles. The predicted octanol–water partition coefficient (Wildman–Crippen LogP) is 2.56. The molecular formula is C19H37N3O3. The van der Waals surface area contributed by atoms with Crippen LogP contribution in [0.15, 0.2) is 4.99 Å². The van der Waals surface area contributed by atoms with E-state index in [1.165, 1.54) is 64.2 Å². The number of aliphatic hydroxyl groups excluding tert-OH is 1. The van der Waals surface area contributed by atoms with E-state index in [-0.39, 0.29) is 12.8 Å². The number of aliphatic imine (C=N–C) groups is 1. The van der Waals surface area contributed by atoms with Crippen LogP contribution in [0.5, 0.6) is 0 Å². The lowest BCUT2D eigenvalue weighted by atomic mass is 9.95. The summed E-state index contributed by atoms with van der Waals surface area (Å²) in [7, 11) is 0. The first-order chi connectivity index (χ1) is 12.3. The number of hydrogen-bond acceptors (Lipinski definition) is 4. The number of guanidine groups is 1. The second kappa shape index (κ2) is 12.5. The van der Waals surface area contributed by atoms with E-state index in [4.69, 9.17) is 19.6 Å². The molecule has 0 amide bonds. The summed E-state index contributed by atoms with van der Waals surface area (Å²) >= 11 is 0. The van der Waals surface area contributed by atoms with Crippen molar-refractivity contribution >= 4 is 5.96 Å². The SMILES string of the molecule is CC(NC(=NC1CCCCC1)NC1CCCCC1)OCCOCCO. The summed E-state index contributed by atoms with van der Waals surface area (Å²) in [5.41, 5.74) is 0. The van der Waals surface area contributed by atoms with Crippen molar-refractivity contribution in [2.75, 3.05) is 26.4 Å². The Hall–Kier alpha value is -0.850. The maximum Gasteiger partial charge on any atom is 0.193 e. The molecule has 1 atom stereocenters. The van der Waals surface area contributed by atoms with E-state index in [9.17, 15) is 0 Å². The van der Waals surface area contributed by atoms with Gasteiger partial charge in [-0.2, -0.15) is 0 Å². The number of nitrogens with zero attached hydrogens (tertiary/aromatic N) is 1. The highest BCUT2D eigenvalue weighted by atomic mass is 16.5. The highest BCUT2D eigenvalue weighted by molar-refractivity contribution is 5.80. The maximum absolute atomic E-state index is 8.70. The quantitative estimate of drug-likeness (QED) is 0.256. The van der Waals surface area contributed by atoms with Crippen LogP contribution in [-0.4, -0.2) is 55.8 Å². The third-order valence-corrected chi connectivity index (χ3v) is 5.00. The zero-order chi connectivity index (χ0) is 17.7. The van der Waals surface area contributed by atoms with Crippen molar-refractivity contribution in [2.24, 2.45) is 4.99 Å². The average molecular weight is 356 g/mol. The van der Waals surface area contributed by atoms with Crippen LogP contribution in [0.1, 0.15) is 71.1 Å². The number of aliphatic hydroxyl groups is 1. The molecule has 2 fully saturated rings. The van der Waals surface area contributed by atoms with Crippen LogP contribution < -0.4 is 10.6 Å². The van der Waals surface area contributed by atoms with Gasteiger partial charge < -0.3 is 25.2 Å². The Bertz CT molecular complexity index is 367. The first-order valence-electron chi connectivity index (χ1n) is 10.2. The summed E-state index contributed by atoms with van der Waals surface area (Å²) < 4.78 is 11.0. The van der Waals surface area contributed by atoms with E-state index in [1.807, 2.05) is 6.92 Å². The standard InChI is InChI=1S/C19H37N3O3/c1-16(25-15-14-24-13-12-23)20-19(21-17-8-4-2-5-9-17)22-18-10-6-3-7-11-18/h16-18,23H,2-15H2,1H3,(H2,20,21,22). The van der Waals surface area contributed by atoms with Gasteiger partial charge >= 0.3 is 0 Å². The van der Waals surface area contributed by atoms with Gasteiger partial charge in [-0.15, -0.1) is 0 Å². The average Bonchev–Trinajstić information content (AvgIpc) is 2.63. The van der Waals surface area contributed by atoms with E-state index in [0.29, 0.717) is 31.9 Å². The van der Waals surface area contributed by atoms with Crippen molar-refractivity contribution < 1.29 is 14.6 Å². The Morgan fingerprint density at radius 1 is 1.00 bits per heavy atom. The van der Waals surface area contributed by atoms with Gasteiger partial charge in [0.05, 0.1) is 32.5 Å². The molecule has 2 aliphatic carbocycles. The second-order valence-electron chi connectivity index (χ2n) is 7.24. The van der Waals surface area contributed by atoms with E-state index in [0.717, 1.165) is 5.96 Å². The summed E-state index contributed by atoms with van der Waals surface area (Å²) in [5.74, 6) is 0.905. The zero-order valence-corrected chi connectivity index (χ0v) is 15.8. The Labute approximate surface area is 152 Å². The first kappa shape index (κ1) is 20.5. The van der Waals surface area contributed by atoms with Crippen molar-refractivity contribution in [1.82, 2.24) is 10.6 Å². The molecule has 146 valence electrons. The van der Waals surface area contributed by atoms with Crippen LogP contribution in [0, 0.1) is 0 Å². The van der Waals surface area contributed by atoms with Crippen molar-refractivity contribution in [1.29, 1.82) is 0 Å². The van der Waals surface area contributed by atoms with Gasteiger partial charge in [0.25, 0.3) is 0 Å². The van der Waals surface area contributed by atoms with Crippen LogP contribution in [-0.2, 0) is 9.47 Å². The normalized spacial score (nSPS) is 21.9. The van der Waals surface area contributed by atoms with Crippen LogP contribution in [0.3, 0.4) is 0 Å². The van der Waals surface area contributed by atoms with Crippen molar-refractivity contribution in [3.63, 3.8) is 0 Å². The highest BCUT2D eigenvalue weighted by Crippen LogP contribution is 2.21. The smallest absolute Gasteiger partial charge is 0.193 e. The molecule has 0 spiro atoms. The number of ether oxygens (including phenoxy) is 2. The van der Waals surface area contributed by atoms with Crippen molar-refractivity contribution in [3.8, 4) is 0 Å². The first-order valence-corrected chi connectivity index (χ1v) is 10.2. The number of hydrogen-bond donors (Lipinski definition) is 3. The topological polar surface area (TPSA) is 75.1 Å². The largest absolute Gasteiger partial charge is 0.394 e. The number of nitrogens with one attached hydrogen (secondary N) is 2. The molecule has 2 aliphatic rings. The van der Waals surface area contributed by atoms with Gasteiger partial charge in [0.15, 0.2) is 5.96 Å². The molecular weight excluding hydrogens is 318 g/mol. The third kappa shape index (κ3) is 8.88. The predicted molar refractivity (Wildman–Crippen MR) is 101 cm³/mol. The van der Waals surface area contributed by atoms with E-state index >= 15 is 0 Å². The Balaban J connectivity index is 1.80. The summed E-state index contributed by atoms with van der Waals surface area (Å²) in [4.78, 5) is 4.98. The molecule has 6 nitrogen and oxygen atoms in total. The molecule has 0 aromatic rings. The molecule has 6 heteroatoms. The van der Waals surface area contributed by atoms with Gasteiger partial charge in [-0.25, -0.2) is 4.99 Å². The minimum Gasteiger partial charge on any atom is -0.394 e. The monoisotopic (exact) mass is 355 g/mol. The zero-order valence-electron chi connectivity index (χ0n) is 15.8. The van der Waals surface area contributed by atoms with Gasteiger partial charge in [0.1, 0.15) is 6.23 Å². The van der Waals surface area contributed by atoms with Crippen molar-refractivity contribution in [3.05, 3.63) is 0 Å². The molecule has 0 aromatic heterocycles. The molecule has 0 bridgehead atoms. The molecule has 2 saturated carbocycles. The lowest BCUT2D eigenvalue weighted by molar-refractivity contribution is -0.00122. The minimum absolute atomic E-state index is 0.0529. The fourth-order valence-corrected chi connectivity index (χ4v) is 3.63. The Morgan fingerprint density at radius 3 is 2.36 bits per heavy atom.